The average Bonchev–Trinajstić information content (AvgIpc) is 3.34. The fourth-order valence-electron chi connectivity index (χ4n) is 3.84. The van der Waals surface area contributed by atoms with Gasteiger partial charge in [-0.1, -0.05) is 46.4 Å². The maximum absolute atomic E-state index is 13.1. The lowest BCUT2D eigenvalue weighted by Gasteiger charge is -2.19. The Morgan fingerprint density at radius 2 is 0.553 bits per heavy atom. The Bertz CT molecular complexity index is 1430. The number of halogens is 4. The summed E-state index contributed by atoms with van der Waals surface area (Å²) in [5.41, 5.74) is 0.0837. The Balaban J connectivity index is 1.39. The molecule has 0 unspecified atom stereocenters. The van der Waals surface area contributed by atoms with Crippen molar-refractivity contribution in [1.82, 2.24) is 0 Å². The molecule has 38 heavy (non-hydrogen) atoms. The van der Waals surface area contributed by atoms with Crippen molar-refractivity contribution < 1.29 is 33.6 Å². The Morgan fingerprint density at radius 3 is 0.789 bits per heavy atom. The summed E-state index contributed by atoms with van der Waals surface area (Å²) in [5.74, 6) is -5.70. The molecule has 1 saturated heterocycles. The van der Waals surface area contributed by atoms with Gasteiger partial charge in [-0.05, 0) is 48.5 Å². The maximum Gasteiger partial charge on any atom is 0.343 e. The first-order valence-corrected chi connectivity index (χ1v) is 11.8. The monoisotopic (exact) mass is 592 g/mol. The number of carbonyl (C=O) groups is 7. The molecule has 0 aromatic heterocycles. The Labute approximate surface area is 231 Å². The minimum Gasteiger partial charge on any atom is -0.267 e. The third-order valence-corrected chi connectivity index (χ3v) is 7.25. The lowest BCUT2D eigenvalue weighted by Crippen LogP contribution is -2.34. The van der Waals surface area contributed by atoms with E-state index in [-0.39, 0.29) is 22.7 Å². The zero-order valence-corrected chi connectivity index (χ0v) is 21.3. The second-order valence-corrected chi connectivity index (χ2v) is 9.26. The lowest BCUT2D eigenvalue weighted by molar-refractivity contribution is -0.133. The van der Waals surface area contributed by atoms with Gasteiger partial charge < -0.3 is 0 Å². The zero-order valence-electron chi connectivity index (χ0n) is 18.3. The van der Waals surface area contributed by atoms with Crippen LogP contribution in [-0.2, 0) is 28.8 Å². The average molecular weight is 594 g/mol. The van der Waals surface area contributed by atoms with E-state index < -0.39 is 61.6 Å². The summed E-state index contributed by atoms with van der Waals surface area (Å²) >= 11 is 22.9. The van der Waals surface area contributed by atoms with Crippen molar-refractivity contribution in [2.24, 2.45) is 0 Å². The summed E-state index contributed by atoms with van der Waals surface area (Å²) in [7, 11) is 0. The molecule has 0 atom stereocenters. The predicted octanol–water partition coefficient (Wildman–Crippen LogP) is 3.31. The highest BCUT2D eigenvalue weighted by molar-refractivity contribution is 6.63. The number of hydrogen-bond acceptors (Lipinski definition) is 7. The number of benzene rings is 2. The number of rotatable bonds is 4. The van der Waals surface area contributed by atoms with Crippen LogP contribution in [0.25, 0.3) is 0 Å². The molecule has 5 rings (SSSR count). The van der Waals surface area contributed by atoms with Crippen LogP contribution in [0.15, 0.2) is 68.7 Å². The van der Waals surface area contributed by atoms with Crippen LogP contribution >= 0.6 is 46.4 Å². The van der Waals surface area contributed by atoms with E-state index in [1.165, 1.54) is 48.5 Å². The molecular formula is C23H8Cl4N4O7. The van der Waals surface area contributed by atoms with Crippen molar-refractivity contribution in [3.05, 3.63) is 68.7 Å². The largest absolute Gasteiger partial charge is 0.343 e. The second kappa shape index (κ2) is 9.07. The molecule has 0 spiro atoms. The summed E-state index contributed by atoms with van der Waals surface area (Å²) in [6.45, 7) is 0. The van der Waals surface area contributed by atoms with E-state index >= 15 is 0 Å². The smallest absolute Gasteiger partial charge is 0.267 e. The van der Waals surface area contributed by atoms with Crippen LogP contribution in [0.5, 0.6) is 0 Å². The van der Waals surface area contributed by atoms with Gasteiger partial charge in [-0.2, -0.15) is 0 Å². The maximum atomic E-state index is 13.1. The van der Waals surface area contributed by atoms with Gasteiger partial charge in [-0.15, -0.1) is 0 Å². The van der Waals surface area contributed by atoms with Gasteiger partial charge in [0.15, 0.2) is 0 Å². The van der Waals surface area contributed by atoms with Gasteiger partial charge in [0, 0.05) is 0 Å². The lowest BCUT2D eigenvalue weighted by atomic mass is 10.2. The number of amides is 8. The Morgan fingerprint density at radius 1 is 0.342 bits per heavy atom. The summed E-state index contributed by atoms with van der Waals surface area (Å²) in [4.78, 5) is 89.9. The van der Waals surface area contributed by atoms with Crippen LogP contribution in [-0.4, -0.2) is 41.5 Å². The summed E-state index contributed by atoms with van der Waals surface area (Å²) < 4.78 is 0. The van der Waals surface area contributed by atoms with Gasteiger partial charge in [-0.3, -0.25) is 28.8 Å². The van der Waals surface area contributed by atoms with E-state index in [4.69, 9.17) is 46.4 Å². The molecule has 8 amide bonds. The molecule has 1 fully saturated rings. The minimum absolute atomic E-state index is 0.0240. The van der Waals surface area contributed by atoms with E-state index in [0.717, 1.165) is 0 Å². The molecule has 190 valence electrons. The molecule has 2 aromatic carbocycles. The molecule has 11 nitrogen and oxygen atoms in total. The van der Waals surface area contributed by atoms with E-state index in [2.05, 4.69) is 0 Å². The molecule has 3 heterocycles. The quantitative estimate of drug-likeness (QED) is 0.302. The second-order valence-electron chi connectivity index (χ2n) is 7.74. The highest BCUT2D eigenvalue weighted by Crippen LogP contribution is 2.35. The zero-order chi connectivity index (χ0) is 27.6. The number of imide groups is 4. The number of anilines is 4. The van der Waals surface area contributed by atoms with Crippen LogP contribution < -0.4 is 19.6 Å². The van der Waals surface area contributed by atoms with Crippen molar-refractivity contribution in [3.8, 4) is 0 Å². The normalized spacial score (nSPS) is 18.5. The molecule has 0 radical (unpaired) electrons. The Hall–Kier alpha value is -4.03. The molecule has 3 aliphatic rings. The standard InChI is InChI=1S/C23H8Cl4N4O7/c24-13-14(25)18(33)28(17(13)32)9-1-5-11(6-2-9)30-21(36)22(37)31(23(30)38)12-7-3-10(4-8-12)29-19(34)15(26)16(27)20(29)35/h1-8H. The first-order chi connectivity index (χ1) is 18.0. The SMILES string of the molecule is O=C1C(Cl)=C(Cl)C(=O)N1c1ccc(N2C(=O)C(=O)N(c3ccc(N4C(=O)C(Cl)=C(Cl)C4=O)cc3)C2=O)cc1. The van der Waals surface area contributed by atoms with Gasteiger partial charge in [0.05, 0.1) is 22.7 Å². The molecule has 3 aliphatic heterocycles. The molecule has 0 N–H and O–H groups in total. The fourth-order valence-corrected chi connectivity index (χ4v) is 4.51. The molecule has 0 bridgehead atoms. The summed E-state index contributed by atoms with van der Waals surface area (Å²) in [6.07, 6.45) is 0. The number of urea groups is 1. The molecule has 2 aromatic rings. The van der Waals surface area contributed by atoms with Crippen LogP contribution in [0, 0.1) is 0 Å². The van der Waals surface area contributed by atoms with Gasteiger partial charge in [0.2, 0.25) is 0 Å². The van der Waals surface area contributed by atoms with E-state index in [0.29, 0.717) is 19.6 Å². The highest BCUT2D eigenvalue weighted by Gasteiger charge is 2.47. The summed E-state index contributed by atoms with van der Waals surface area (Å²) in [5, 5.41) is -1.78. The van der Waals surface area contributed by atoms with E-state index in [1.54, 1.807) is 0 Å². The van der Waals surface area contributed by atoms with Crippen LogP contribution in [0.4, 0.5) is 27.5 Å². The van der Waals surface area contributed by atoms with E-state index in [9.17, 15) is 33.6 Å². The van der Waals surface area contributed by atoms with Crippen molar-refractivity contribution in [3.63, 3.8) is 0 Å². The van der Waals surface area contributed by atoms with E-state index in [1.807, 2.05) is 0 Å². The molecular weight excluding hydrogens is 586 g/mol. The first kappa shape index (κ1) is 25.6. The number of carbonyl (C=O) groups excluding carboxylic acids is 7. The van der Waals surface area contributed by atoms with Crippen LogP contribution in [0.1, 0.15) is 0 Å². The van der Waals surface area contributed by atoms with Crippen LogP contribution in [0.2, 0.25) is 0 Å². The molecule has 0 aliphatic carbocycles. The van der Waals surface area contributed by atoms with Crippen molar-refractivity contribution in [2.45, 2.75) is 0 Å². The first-order valence-electron chi connectivity index (χ1n) is 10.3. The summed E-state index contributed by atoms with van der Waals surface area (Å²) in [6, 6.07) is 9.04. The van der Waals surface area contributed by atoms with Crippen molar-refractivity contribution in [1.29, 1.82) is 0 Å². The van der Waals surface area contributed by atoms with Gasteiger partial charge >= 0.3 is 17.8 Å². The fraction of sp³-hybridized carbons (Fsp3) is 0. The number of nitrogens with zero attached hydrogens (tertiary/aromatic N) is 4. The van der Waals surface area contributed by atoms with Gasteiger partial charge in [-0.25, -0.2) is 24.4 Å². The van der Waals surface area contributed by atoms with Crippen molar-refractivity contribution in [2.75, 3.05) is 19.6 Å². The minimum atomic E-state index is -1.17. The topological polar surface area (TPSA) is 132 Å². The molecule has 0 saturated carbocycles. The Kier molecular flexibility index (Phi) is 6.11. The third-order valence-electron chi connectivity index (χ3n) is 5.65. The van der Waals surface area contributed by atoms with Crippen molar-refractivity contribution >= 4 is 111 Å². The highest BCUT2D eigenvalue weighted by atomic mass is 35.5. The molecule has 15 heteroatoms. The van der Waals surface area contributed by atoms with Gasteiger partial charge in [0.1, 0.15) is 20.1 Å². The van der Waals surface area contributed by atoms with Gasteiger partial charge in [0.25, 0.3) is 23.6 Å². The third kappa shape index (κ3) is 3.63. The van der Waals surface area contributed by atoms with Crippen LogP contribution in [0.3, 0.4) is 0 Å². The predicted molar refractivity (Wildman–Crippen MR) is 136 cm³/mol. The number of hydrogen-bond donors (Lipinski definition) is 0.